The highest BCUT2D eigenvalue weighted by molar-refractivity contribution is 5.92. The molecule has 6 heterocycles. The van der Waals surface area contributed by atoms with E-state index in [0.29, 0.717) is 34.7 Å². The van der Waals surface area contributed by atoms with Crippen LogP contribution in [0.5, 0.6) is 0 Å². The van der Waals surface area contributed by atoms with Crippen molar-refractivity contribution in [2.75, 3.05) is 44.8 Å². The summed E-state index contributed by atoms with van der Waals surface area (Å²) in [5.41, 5.74) is 20.3. The number of hydrogen-bond donors (Lipinski definition) is 4. The van der Waals surface area contributed by atoms with Gasteiger partial charge in [-0.05, 0) is 62.0 Å². The molecule has 6 N–H and O–H groups in total. The third-order valence-corrected chi connectivity index (χ3v) is 9.15. The first-order valence-corrected chi connectivity index (χ1v) is 16.4. The Balaban J connectivity index is 0.000000154. The summed E-state index contributed by atoms with van der Waals surface area (Å²) in [6, 6.07) is 21.3. The number of carbonyl (C=O) groups is 1. The lowest BCUT2D eigenvalue weighted by Crippen LogP contribution is -2.29. The van der Waals surface area contributed by atoms with Crippen LogP contribution in [-0.4, -0.2) is 68.5 Å². The zero-order valence-electron chi connectivity index (χ0n) is 27.0. The molecule has 2 aliphatic heterocycles. The van der Waals surface area contributed by atoms with Gasteiger partial charge >= 0.3 is 5.97 Å². The van der Waals surface area contributed by atoms with Crippen molar-refractivity contribution in [2.24, 2.45) is 0 Å². The third kappa shape index (κ3) is 6.32. The fraction of sp³-hybridized carbons (Fsp3) is 0.306. The maximum absolute atomic E-state index is 11.8. The van der Waals surface area contributed by atoms with Gasteiger partial charge in [-0.1, -0.05) is 42.5 Å². The summed E-state index contributed by atoms with van der Waals surface area (Å²) in [4.78, 5) is 21.6. The molecule has 2 aliphatic rings. The van der Waals surface area contributed by atoms with E-state index in [1.165, 1.54) is 13.5 Å². The number of ether oxygens (including phenoxy) is 1. The van der Waals surface area contributed by atoms with Gasteiger partial charge in [0.15, 0.2) is 11.3 Å². The minimum Gasteiger partial charge on any atom is -0.465 e. The fourth-order valence-corrected chi connectivity index (χ4v) is 6.59. The number of carbonyl (C=O) groups excluding carboxylic acids is 1. The average Bonchev–Trinajstić information content (AvgIpc) is 3.78. The predicted octanol–water partition coefficient (Wildman–Crippen LogP) is 4.68. The topological polar surface area (TPSA) is 163 Å². The average molecular weight is 645 g/mol. The summed E-state index contributed by atoms with van der Waals surface area (Å²) in [6.07, 6.45) is 8.14. The number of piperidine rings is 2. The number of anilines is 2. The lowest BCUT2D eigenvalue weighted by Gasteiger charge is -2.22. The maximum atomic E-state index is 11.8. The van der Waals surface area contributed by atoms with Gasteiger partial charge in [0.2, 0.25) is 0 Å². The van der Waals surface area contributed by atoms with Crippen LogP contribution in [0.25, 0.3) is 33.5 Å². The van der Waals surface area contributed by atoms with Gasteiger partial charge in [-0.25, -0.2) is 14.8 Å². The minimum absolute atomic E-state index is 0.347. The second kappa shape index (κ2) is 13.8. The number of hydrogen-bond acceptors (Lipinski definition) is 10. The molecule has 0 radical (unpaired) electrons. The van der Waals surface area contributed by atoms with E-state index in [2.05, 4.69) is 33.0 Å². The quantitative estimate of drug-likeness (QED) is 0.194. The Morgan fingerprint density at radius 3 is 1.81 bits per heavy atom. The Labute approximate surface area is 278 Å². The number of benzene rings is 2. The first-order chi connectivity index (χ1) is 23.5. The molecule has 48 heavy (non-hydrogen) atoms. The molecule has 0 saturated carbocycles. The molecule has 2 aromatic carbocycles. The maximum Gasteiger partial charge on any atom is 0.337 e. The molecule has 2 fully saturated rings. The zero-order valence-corrected chi connectivity index (χ0v) is 27.0. The van der Waals surface area contributed by atoms with Gasteiger partial charge in [0.25, 0.3) is 0 Å². The molecule has 0 spiro atoms. The molecule has 246 valence electrons. The summed E-state index contributed by atoms with van der Waals surface area (Å²) >= 11 is 0. The number of aromatic nitrogens is 6. The Kier molecular flexibility index (Phi) is 8.99. The van der Waals surface area contributed by atoms with Gasteiger partial charge in [0.05, 0.1) is 36.5 Å². The van der Waals surface area contributed by atoms with Crippen molar-refractivity contribution < 1.29 is 9.53 Å². The van der Waals surface area contributed by atoms with Gasteiger partial charge < -0.3 is 26.8 Å². The van der Waals surface area contributed by atoms with Crippen molar-refractivity contribution in [3.05, 3.63) is 96.1 Å². The summed E-state index contributed by atoms with van der Waals surface area (Å²) < 4.78 is 8.17. The molecular formula is C36H40N10O2. The van der Waals surface area contributed by atoms with Gasteiger partial charge in [-0.15, -0.1) is 0 Å². The number of nitrogens with zero attached hydrogens (tertiary/aromatic N) is 6. The Morgan fingerprint density at radius 2 is 1.29 bits per heavy atom. The number of nitrogens with two attached hydrogens (primary N) is 2. The normalized spacial score (nSPS) is 17.9. The number of nitrogen functional groups attached to an aromatic ring is 2. The van der Waals surface area contributed by atoms with Crippen LogP contribution in [0, 0.1) is 0 Å². The molecule has 2 atom stereocenters. The highest BCUT2D eigenvalue weighted by atomic mass is 16.5. The van der Waals surface area contributed by atoms with Crippen molar-refractivity contribution in [1.82, 2.24) is 39.8 Å². The Morgan fingerprint density at radius 1 is 0.750 bits per heavy atom. The van der Waals surface area contributed by atoms with Crippen molar-refractivity contribution >= 4 is 28.9 Å². The van der Waals surface area contributed by atoms with E-state index in [-0.39, 0.29) is 5.97 Å². The summed E-state index contributed by atoms with van der Waals surface area (Å²) in [6.45, 7) is 4.02. The second-order valence-corrected chi connectivity index (χ2v) is 12.3. The summed E-state index contributed by atoms with van der Waals surface area (Å²) in [7, 11) is 1.37. The first-order valence-electron chi connectivity index (χ1n) is 16.4. The van der Waals surface area contributed by atoms with Crippen LogP contribution in [0.1, 0.15) is 59.3 Å². The van der Waals surface area contributed by atoms with Gasteiger partial charge in [0, 0.05) is 48.2 Å². The fourth-order valence-electron chi connectivity index (χ4n) is 6.59. The van der Waals surface area contributed by atoms with Crippen molar-refractivity contribution in [3.63, 3.8) is 0 Å². The second-order valence-electron chi connectivity index (χ2n) is 12.3. The molecule has 2 saturated heterocycles. The van der Waals surface area contributed by atoms with Crippen LogP contribution >= 0.6 is 0 Å². The molecule has 2 unspecified atom stereocenters. The number of rotatable bonds is 5. The van der Waals surface area contributed by atoms with E-state index >= 15 is 0 Å². The number of esters is 1. The van der Waals surface area contributed by atoms with E-state index in [1.807, 2.05) is 48.7 Å². The lowest BCUT2D eigenvalue weighted by atomic mass is 9.96. The zero-order chi connectivity index (χ0) is 33.0. The largest absolute Gasteiger partial charge is 0.465 e. The first kappa shape index (κ1) is 31.3. The Bertz CT molecular complexity index is 2040. The van der Waals surface area contributed by atoms with E-state index < -0.39 is 0 Å². The van der Waals surface area contributed by atoms with Gasteiger partial charge in [0.1, 0.15) is 11.6 Å². The van der Waals surface area contributed by atoms with Crippen LogP contribution in [0.15, 0.2) is 79.1 Å². The molecule has 12 heteroatoms. The highest BCUT2D eigenvalue weighted by Gasteiger charge is 2.21. The van der Waals surface area contributed by atoms with Crippen LogP contribution in [-0.2, 0) is 4.74 Å². The van der Waals surface area contributed by atoms with E-state index in [9.17, 15) is 4.79 Å². The molecular weight excluding hydrogens is 604 g/mol. The van der Waals surface area contributed by atoms with Gasteiger partial charge in [-0.2, -0.15) is 19.2 Å². The van der Waals surface area contributed by atoms with Crippen LogP contribution < -0.4 is 22.1 Å². The highest BCUT2D eigenvalue weighted by Crippen LogP contribution is 2.30. The third-order valence-electron chi connectivity index (χ3n) is 9.15. The standard InChI is InChI=1S/C19H21N5O2.C17H19N5/c1-26-19(25)13-5-2-4-12(8-13)15-11-22-24-17(20)9-16(23-18(15)24)14-6-3-7-21-10-14;18-16-9-15(13-7-4-8-19-10-13)21-17-14(11-20-22(16)17)12-5-2-1-3-6-12/h2,4-5,8-9,11,14,21H,3,6-7,10,20H2,1H3;1-3,5-6,9,11,13,19H,4,7-8,10,18H2. The lowest BCUT2D eigenvalue weighted by molar-refractivity contribution is 0.0600. The van der Waals surface area contributed by atoms with E-state index in [4.69, 9.17) is 26.2 Å². The van der Waals surface area contributed by atoms with Crippen LogP contribution in [0.3, 0.4) is 0 Å². The van der Waals surface area contributed by atoms with Crippen molar-refractivity contribution in [1.29, 1.82) is 0 Å². The van der Waals surface area contributed by atoms with E-state index in [1.54, 1.807) is 27.4 Å². The summed E-state index contributed by atoms with van der Waals surface area (Å²) in [5.74, 6) is 1.61. The van der Waals surface area contributed by atoms with Crippen molar-refractivity contribution in [2.45, 2.75) is 37.5 Å². The van der Waals surface area contributed by atoms with Crippen molar-refractivity contribution in [3.8, 4) is 22.3 Å². The SMILES string of the molecule is COC(=O)c1cccc(-c2cnn3c(N)cc(C4CCCNC4)nc23)c1.Nc1cc(C2CCCNC2)nc2c(-c3ccccc3)cnn12. The monoisotopic (exact) mass is 644 g/mol. The Hall–Kier alpha value is -5.33. The number of nitrogens with one attached hydrogen (secondary N) is 2. The predicted molar refractivity (Wildman–Crippen MR) is 187 cm³/mol. The molecule has 0 amide bonds. The molecule has 12 nitrogen and oxygen atoms in total. The van der Waals surface area contributed by atoms with Gasteiger partial charge in [-0.3, -0.25) is 0 Å². The molecule has 4 aromatic heterocycles. The molecule has 6 aromatic rings. The number of fused-ring (bicyclic) bond motifs is 2. The van der Waals surface area contributed by atoms with E-state index in [0.717, 1.165) is 84.7 Å². The summed E-state index contributed by atoms with van der Waals surface area (Å²) in [5, 5.41) is 15.6. The molecule has 0 aliphatic carbocycles. The number of methoxy groups -OCH3 is 1. The minimum atomic E-state index is -0.371. The smallest absolute Gasteiger partial charge is 0.337 e. The molecule has 0 bridgehead atoms. The van der Waals surface area contributed by atoms with Crippen LogP contribution in [0.4, 0.5) is 11.6 Å². The van der Waals surface area contributed by atoms with Crippen LogP contribution in [0.2, 0.25) is 0 Å². The molecule has 8 rings (SSSR count).